The van der Waals surface area contributed by atoms with Crippen LogP contribution in [0.25, 0.3) is 0 Å². The minimum Gasteiger partial charge on any atom is -0.497 e. The highest BCUT2D eigenvalue weighted by Crippen LogP contribution is 2.31. The van der Waals surface area contributed by atoms with Crippen LogP contribution in [-0.4, -0.2) is 62.5 Å². The molecule has 2 aromatic carbocycles. The van der Waals surface area contributed by atoms with Gasteiger partial charge in [-0.2, -0.15) is 0 Å². The number of likely N-dealkylation sites (tertiary alicyclic amines) is 1. The fraction of sp³-hybridized carbons (Fsp3) is 0.409. The van der Waals surface area contributed by atoms with Crippen LogP contribution in [0.1, 0.15) is 12.0 Å². The number of aliphatic hydroxyl groups is 1. The number of nitrogens with zero attached hydrogens (tertiary/aromatic N) is 1. The maximum absolute atomic E-state index is 13.4. The molecule has 1 aliphatic rings. The summed E-state index contributed by atoms with van der Waals surface area (Å²) >= 11 is 0. The molecule has 3 rings (SSSR count). The van der Waals surface area contributed by atoms with Gasteiger partial charge in [-0.15, -0.1) is 0 Å². The second-order valence-corrected chi connectivity index (χ2v) is 7.00. The van der Waals surface area contributed by atoms with Crippen LogP contribution in [0.5, 0.6) is 23.0 Å². The molecule has 7 nitrogen and oxygen atoms in total. The van der Waals surface area contributed by atoms with Gasteiger partial charge in [-0.25, -0.2) is 4.39 Å². The van der Waals surface area contributed by atoms with E-state index in [1.807, 2.05) is 0 Å². The Morgan fingerprint density at radius 2 is 1.80 bits per heavy atom. The first-order chi connectivity index (χ1) is 14.4. The van der Waals surface area contributed by atoms with E-state index >= 15 is 0 Å². The van der Waals surface area contributed by atoms with Crippen LogP contribution in [0.2, 0.25) is 0 Å². The first-order valence-corrected chi connectivity index (χ1v) is 9.62. The van der Waals surface area contributed by atoms with E-state index in [2.05, 4.69) is 0 Å². The van der Waals surface area contributed by atoms with Crippen LogP contribution in [0.15, 0.2) is 36.4 Å². The van der Waals surface area contributed by atoms with E-state index in [0.29, 0.717) is 35.8 Å². The van der Waals surface area contributed by atoms with Gasteiger partial charge in [0.1, 0.15) is 29.5 Å². The summed E-state index contributed by atoms with van der Waals surface area (Å²) in [5, 5.41) is 10.5. The normalized spacial score (nSPS) is 18.6. The van der Waals surface area contributed by atoms with Crippen LogP contribution in [-0.2, 0) is 11.2 Å². The second-order valence-electron chi connectivity index (χ2n) is 7.00. The molecule has 2 atom stereocenters. The first-order valence-electron chi connectivity index (χ1n) is 9.62. The van der Waals surface area contributed by atoms with Crippen LogP contribution in [0, 0.1) is 5.82 Å². The third-order valence-corrected chi connectivity index (χ3v) is 5.11. The van der Waals surface area contributed by atoms with Gasteiger partial charge in [0.2, 0.25) is 5.91 Å². The average molecular weight is 419 g/mol. The number of amides is 1. The lowest BCUT2D eigenvalue weighted by molar-refractivity contribution is -0.136. The quantitative estimate of drug-likeness (QED) is 0.743. The van der Waals surface area contributed by atoms with Crippen molar-refractivity contribution in [3.8, 4) is 23.0 Å². The van der Waals surface area contributed by atoms with Crippen molar-refractivity contribution >= 4 is 5.91 Å². The van der Waals surface area contributed by atoms with E-state index in [4.69, 9.17) is 18.9 Å². The number of hydrogen-bond acceptors (Lipinski definition) is 6. The smallest absolute Gasteiger partial charge is 0.227 e. The molecule has 1 fully saturated rings. The molecule has 162 valence electrons. The van der Waals surface area contributed by atoms with Crippen molar-refractivity contribution in [2.75, 3.05) is 34.4 Å². The number of carbonyl (C=O) groups is 1. The maximum atomic E-state index is 13.4. The predicted molar refractivity (Wildman–Crippen MR) is 108 cm³/mol. The molecule has 1 heterocycles. The molecule has 0 unspecified atom stereocenters. The van der Waals surface area contributed by atoms with Crippen molar-refractivity contribution in [1.29, 1.82) is 0 Å². The number of piperidine rings is 1. The lowest BCUT2D eigenvalue weighted by Crippen LogP contribution is -2.51. The van der Waals surface area contributed by atoms with Crippen molar-refractivity contribution < 1.29 is 33.2 Å². The summed E-state index contributed by atoms with van der Waals surface area (Å²) in [5.41, 5.74) is 0.714. The van der Waals surface area contributed by atoms with Gasteiger partial charge in [0.05, 0.1) is 34.3 Å². The van der Waals surface area contributed by atoms with E-state index in [1.54, 1.807) is 37.3 Å². The Hall–Kier alpha value is -3.00. The molecule has 0 radical (unpaired) electrons. The summed E-state index contributed by atoms with van der Waals surface area (Å²) in [6.45, 7) is 0.565. The summed E-state index contributed by atoms with van der Waals surface area (Å²) in [5.74, 6) is 1.28. The molecule has 0 saturated carbocycles. The molecular formula is C22H26FNO6. The predicted octanol–water partition coefficient (Wildman–Crippen LogP) is 2.43. The SMILES string of the molecule is COc1ccc(OC)c(CC(=O)N2CC[C@@H](Oc3ccc(F)cc3OC)[C@H](O)C2)c1. The molecule has 1 saturated heterocycles. The topological polar surface area (TPSA) is 77.5 Å². The monoisotopic (exact) mass is 419 g/mol. The molecule has 2 aromatic rings. The summed E-state index contributed by atoms with van der Waals surface area (Å²) in [6.07, 6.45) is -0.850. The summed E-state index contributed by atoms with van der Waals surface area (Å²) in [6, 6.07) is 9.25. The van der Waals surface area contributed by atoms with E-state index in [9.17, 15) is 14.3 Å². The van der Waals surface area contributed by atoms with Crippen LogP contribution >= 0.6 is 0 Å². The zero-order valence-corrected chi connectivity index (χ0v) is 17.3. The summed E-state index contributed by atoms with van der Waals surface area (Å²) in [4.78, 5) is 14.4. The average Bonchev–Trinajstić information content (AvgIpc) is 2.75. The summed E-state index contributed by atoms with van der Waals surface area (Å²) < 4.78 is 34.9. The minimum absolute atomic E-state index is 0.126. The Balaban J connectivity index is 1.63. The zero-order chi connectivity index (χ0) is 21.7. The number of halogens is 1. The van der Waals surface area contributed by atoms with Crippen molar-refractivity contribution in [3.05, 3.63) is 47.8 Å². The number of rotatable bonds is 7. The fourth-order valence-corrected chi connectivity index (χ4v) is 3.47. The molecule has 8 heteroatoms. The van der Waals surface area contributed by atoms with Gasteiger partial charge in [0.25, 0.3) is 0 Å². The maximum Gasteiger partial charge on any atom is 0.227 e. The Morgan fingerprint density at radius 3 is 2.47 bits per heavy atom. The van der Waals surface area contributed by atoms with Crippen LogP contribution in [0.3, 0.4) is 0 Å². The molecule has 1 N–H and O–H groups in total. The Labute approximate surface area is 174 Å². The fourth-order valence-electron chi connectivity index (χ4n) is 3.47. The third-order valence-electron chi connectivity index (χ3n) is 5.11. The van der Waals surface area contributed by atoms with Gasteiger partial charge in [0.15, 0.2) is 11.5 Å². The molecule has 1 aliphatic heterocycles. The number of β-amino-alcohol motifs (C(OH)–C–C–N with tert-alkyl or cyclic N) is 1. The van der Waals surface area contributed by atoms with Gasteiger partial charge in [0, 0.05) is 24.6 Å². The highest BCUT2D eigenvalue weighted by atomic mass is 19.1. The molecule has 30 heavy (non-hydrogen) atoms. The second kappa shape index (κ2) is 9.67. The van der Waals surface area contributed by atoms with Crippen LogP contribution < -0.4 is 18.9 Å². The zero-order valence-electron chi connectivity index (χ0n) is 17.3. The van der Waals surface area contributed by atoms with Crippen molar-refractivity contribution in [1.82, 2.24) is 4.90 Å². The highest BCUT2D eigenvalue weighted by Gasteiger charge is 2.32. The molecule has 0 spiro atoms. The summed E-state index contributed by atoms with van der Waals surface area (Å²) in [7, 11) is 4.53. The van der Waals surface area contributed by atoms with Gasteiger partial charge in [-0.1, -0.05) is 0 Å². The number of hydrogen-bond donors (Lipinski definition) is 1. The molecule has 0 aromatic heterocycles. The molecule has 1 amide bonds. The van der Waals surface area contributed by atoms with Crippen molar-refractivity contribution in [2.24, 2.45) is 0 Å². The third kappa shape index (κ3) is 4.94. The number of carbonyl (C=O) groups excluding carboxylic acids is 1. The van der Waals surface area contributed by atoms with Crippen molar-refractivity contribution in [3.63, 3.8) is 0 Å². The Kier molecular flexibility index (Phi) is 6.99. The minimum atomic E-state index is -0.885. The van der Waals surface area contributed by atoms with E-state index in [-0.39, 0.29) is 24.6 Å². The van der Waals surface area contributed by atoms with Gasteiger partial charge < -0.3 is 29.0 Å². The number of ether oxygens (including phenoxy) is 4. The van der Waals surface area contributed by atoms with Gasteiger partial charge in [-0.3, -0.25) is 4.79 Å². The number of benzene rings is 2. The van der Waals surface area contributed by atoms with Gasteiger partial charge in [-0.05, 0) is 30.3 Å². The van der Waals surface area contributed by atoms with Crippen molar-refractivity contribution in [2.45, 2.75) is 25.0 Å². The Bertz CT molecular complexity index is 890. The number of methoxy groups -OCH3 is 3. The van der Waals surface area contributed by atoms with E-state index in [0.717, 1.165) is 0 Å². The standard InChI is InChI=1S/C22H26FNO6/c1-27-16-5-7-18(28-2)14(10-16)11-22(26)24-9-8-19(17(25)13-24)30-20-6-4-15(23)12-21(20)29-3/h4-7,10,12,17,19,25H,8-9,11,13H2,1-3H3/t17-,19-/m1/s1. The van der Waals surface area contributed by atoms with E-state index < -0.39 is 18.0 Å². The number of aliphatic hydroxyl groups excluding tert-OH is 1. The lowest BCUT2D eigenvalue weighted by Gasteiger charge is -2.36. The van der Waals surface area contributed by atoms with E-state index in [1.165, 1.54) is 25.3 Å². The molecule has 0 bridgehead atoms. The Morgan fingerprint density at radius 1 is 1.07 bits per heavy atom. The lowest BCUT2D eigenvalue weighted by atomic mass is 10.0. The molecular weight excluding hydrogens is 393 g/mol. The van der Waals surface area contributed by atoms with Gasteiger partial charge >= 0.3 is 0 Å². The largest absolute Gasteiger partial charge is 0.497 e. The first kappa shape index (κ1) is 21.7. The van der Waals surface area contributed by atoms with Crippen LogP contribution in [0.4, 0.5) is 4.39 Å². The molecule has 0 aliphatic carbocycles. The highest BCUT2D eigenvalue weighted by molar-refractivity contribution is 5.80.